The van der Waals surface area contributed by atoms with Gasteiger partial charge in [0.25, 0.3) is 0 Å². The van der Waals surface area contributed by atoms with Crippen LogP contribution < -0.4 is 10.1 Å². The lowest BCUT2D eigenvalue weighted by Gasteiger charge is -2.15. The minimum absolute atomic E-state index is 0.233. The molecular weight excluding hydrogens is 229 g/mol. The Kier molecular flexibility index (Phi) is 3.02. The summed E-state index contributed by atoms with van der Waals surface area (Å²) in [6.07, 6.45) is 5.50. The van der Waals surface area contributed by atoms with Crippen molar-refractivity contribution in [2.45, 2.75) is 32.2 Å². The fourth-order valence-electron chi connectivity index (χ4n) is 2.88. The Morgan fingerprint density at radius 2 is 2.17 bits per heavy atom. The Morgan fingerprint density at radius 3 is 2.78 bits per heavy atom. The first-order valence-electron chi connectivity index (χ1n) is 6.77. The lowest BCUT2D eigenvalue weighted by molar-refractivity contribution is 0.378. The zero-order valence-corrected chi connectivity index (χ0v) is 10.8. The minimum Gasteiger partial charge on any atom is -0.494 e. The summed E-state index contributed by atoms with van der Waals surface area (Å²) >= 11 is 0. The summed E-state index contributed by atoms with van der Waals surface area (Å²) in [7, 11) is 1.50. The van der Waals surface area contributed by atoms with Crippen molar-refractivity contribution in [1.82, 2.24) is 5.32 Å². The maximum absolute atomic E-state index is 13.9. The lowest BCUT2D eigenvalue weighted by atomic mass is 10.0. The molecule has 0 aliphatic heterocycles. The fourth-order valence-corrected chi connectivity index (χ4v) is 2.88. The van der Waals surface area contributed by atoms with Gasteiger partial charge in [0.05, 0.1) is 7.11 Å². The molecule has 2 aliphatic carbocycles. The van der Waals surface area contributed by atoms with E-state index in [1.54, 1.807) is 6.07 Å². The normalized spacial score (nSPS) is 20.8. The van der Waals surface area contributed by atoms with Crippen LogP contribution >= 0.6 is 0 Å². The van der Waals surface area contributed by atoms with E-state index < -0.39 is 0 Å². The number of ether oxygens (including phenoxy) is 1. The summed E-state index contributed by atoms with van der Waals surface area (Å²) in [5.74, 6) is 1.04. The quantitative estimate of drug-likeness (QED) is 0.836. The standard InChI is InChI=1S/C15H20FNO/c1-18-13-4-2-3-11(14(13)16)9-17-10-15(7-8-15)12-5-6-12/h2-4,12,17H,5-10H2,1H3. The number of rotatable bonds is 6. The van der Waals surface area contributed by atoms with Crippen LogP contribution in [0.2, 0.25) is 0 Å². The first-order valence-corrected chi connectivity index (χ1v) is 6.77. The predicted octanol–water partition coefficient (Wildman–Crippen LogP) is 3.11. The second-order valence-corrected chi connectivity index (χ2v) is 5.67. The molecule has 0 amide bonds. The SMILES string of the molecule is COc1cccc(CNCC2(C3CC3)CC2)c1F. The molecule has 3 heteroatoms. The lowest BCUT2D eigenvalue weighted by Crippen LogP contribution is -2.25. The van der Waals surface area contributed by atoms with E-state index >= 15 is 0 Å². The van der Waals surface area contributed by atoms with Crippen LogP contribution in [0.3, 0.4) is 0 Å². The van der Waals surface area contributed by atoms with Crippen LogP contribution in [-0.4, -0.2) is 13.7 Å². The molecule has 18 heavy (non-hydrogen) atoms. The van der Waals surface area contributed by atoms with Crippen LogP contribution in [0.5, 0.6) is 5.75 Å². The third kappa shape index (κ3) is 2.24. The molecule has 0 radical (unpaired) electrons. The zero-order chi connectivity index (χ0) is 12.6. The summed E-state index contributed by atoms with van der Waals surface area (Å²) in [6.45, 7) is 1.63. The van der Waals surface area contributed by atoms with Gasteiger partial charge in [0.15, 0.2) is 11.6 Å². The Morgan fingerprint density at radius 1 is 1.39 bits per heavy atom. The molecule has 0 atom stereocenters. The third-order valence-electron chi connectivity index (χ3n) is 4.39. The Labute approximate surface area is 108 Å². The first-order chi connectivity index (χ1) is 8.75. The van der Waals surface area contributed by atoms with Gasteiger partial charge < -0.3 is 10.1 Å². The van der Waals surface area contributed by atoms with E-state index in [0.29, 0.717) is 23.3 Å². The van der Waals surface area contributed by atoms with Gasteiger partial charge in [-0.1, -0.05) is 12.1 Å². The minimum atomic E-state index is -0.233. The van der Waals surface area contributed by atoms with E-state index in [1.807, 2.05) is 12.1 Å². The van der Waals surface area contributed by atoms with Gasteiger partial charge in [-0.2, -0.15) is 0 Å². The van der Waals surface area contributed by atoms with Crippen molar-refractivity contribution in [2.24, 2.45) is 11.3 Å². The third-order valence-corrected chi connectivity index (χ3v) is 4.39. The molecular formula is C15H20FNO. The number of nitrogens with one attached hydrogen (secondary N) is 1. The van der Waals surface area contributed by atoms with E-state index in [0.717, 1.165) is 12.5 Å². The van der Waals surface area contributed by atoms with Crippen LogP contribution in [0.25, 0.3) is 0 Å². The molecule has 1 aromatic carbocycles. The molecule has 3 rings (SSSR count). The van der Waals surface area contributed by atoms with Gasteiger partial charge in [0.2, 0.25) is 0 Å². The van der Waals surface area contributed by atoms with Crippen molar-refractivity contribution in [3.63, 3.8) is 0 Å². The average molecular weight is 249 g/mol. The van der Waals surface area contributed by atoms with Crippen LogP contribution in [-0.2, 0) is 6.54 Å². The molecule has 1 aromatic rings. The molecule has 0 bridgehead atoms. The monoisotopic (exact) mass is 249 g/mol. The van der Waals surface area contributed by atoms with Crippen molar-refractivity contribution in [2.75, 3.05) is 13.7 Å². The van der Waals surface area contributed by atoms with Gasteiger partial charge in [0.1, 0.15) is 0 Å². The fraction of sp³-hybridized carbons (Fsp3) is 0.600. The largest absolute Gasteiger partial charge is 0.494 e. The number of hydrogen-bond acceptors (Lipinski definition) is 2. The second-order valence-electron chi connectivity index (χ2n) is 5.67. The van der Waals surface area contributed by atoms with E-state index in [2.05, 4.69) is 5.32 Å². The molecule has 0 spiro atoms. The molecule has 0 heterocycles. The highest BCUT2D eigenvalue weighted by Crippen LogP contribution is 2.60. The highest BCUT2D eigenvalue weighted by Gasteiger charge is 2.53. The topological polar surface area (TPSA) is 21.3 Å². The van der Waals surface area contributed by atoms with E-state index in [-0.39, 0.29) is 5.82 Å². The number of halogens is 1. The maximum atomic E-state index is 13.9. The van der Waals surface area contributed by atoms with Gasteiger partial charge in [-0.05, 0) is 43.1 Å². The molecule has 0 saturated heterocycles. The van der Waals surface area contributed by atoms with Crippen LogP contribution in [0.1, 0.15) is 31.2 Å². The summed E-state index contributed by atoms with van der Waals surface area (Å²) in [4.78, 5) is 0. The van der Waals surface area contributed by atoms with Gasteiger partial charge in [0, 0.05) is 18.7 Å². The first kappa shape index (κ1) is 12.0. The summed E-state index contributed by atoms with van der Waals surface area (Å²) < 4.78 is 18.9. The summed E-state index contributed by atoms with van der Waals surface area (Å²) in [6, 6.07) is 5.32. The van der Waals surface area contributed by atoms with Crippen LogP contribution in [0.15, 0.2) is 18.2 Å². The van der Waals surface area contributed by atoms with Crippen molar-refractivity contribution in [3.05, 3.63) is 29.6 Å². The predicted molar refractivity (Wildman–Crippen MR) is 69.0 cm³/mol. The molecule has 2 saturated carbocycles. The molecule has 2 fully saturated rings. The van der Waals surface area contributed by atoms with E-state index in [9.17, 15) is 4.39 Å². The number of methoxy groups -OCH3 is 1. The Balaban J connectivity index is 1.56. The summed E-state index contributed by atoms with van der Waals surface area (Å²) in [5.41, 5.74) is 1.26. The number of hydrogen-bond donors (Lipinski definition) is 1. The average Bonchev–Trinajstić information content (AvgIpc) is 3.25. The Bertz CT molecular complexity index is 438. The molecule has 0 aromatic heterocycles. The van der Waals surface area contributed by atoms with Crippen molar-refractivity contribution >= 4 is 0 Å². The number of benzene rings is 1. The smallest absolute Gasteiger partial charge is 0.169 e. The zero-order valence-electron chi connectivity index (χ0n) is 10.8. The Hall–Kier alpha value is -1.09. The summed E-state index contributed by atoms with van der Waals surface area (Å²) in [5, 5.41) is 3.42. The molecule has 2 aliphatic rings. The molecule has 1 N–H and O–H groups in total. The van der Waals surface area contributed by atoms with E-state index in [1.165, 1.54) is 32.8 Å². The van der Waals surface area contributed by atoms with Gasteiger partial charge in [-0.25, -0.2) is 4.39 Å². The van der Waals surface area contributed by atoms with Crippen LogP contribution in [0, 0.1) is 17.2 Å². The van der Waals surface area contributed by atoms with Gasteiger partial charge in [-0.3, -0.25) is 0 Å². The molecule has 0 unspecified atom stereocenters. The van der Waals surface area contributed by atoms with Gasteiger partial charge >= 0.3 is 0 Å². The molecule has 2 nitrogen and oxygen atoms in total. The van der Waals surface area contributed by atoms with Crippen molar-refractivity contribution < 1.29 is 9.13 Å². The maximum Gasteiger partial charge on any atom is 0.169 e. The van der Waals surface area contributed by atoms with Crippen molar-refractivity contribution in [1.29, 1.82) is 0 Å². The van der Waals surface area contributed by atoms with Crippen molar-refractivity contribution in [3.8, 4) is 5.75 Å². The highest BCUT2D eigenvalue weighted by molar-refractivity contribution is 5.31. The van der Waals surface area contributed by atoms with Crippen LogP contribution in [0.4, 0.5) is 4.39 Å². The van der Waals surface area contributed by atoms with Gasteiger partial charge in [-0.15, -0.1) is 0 Å². The second kappa shape index (κ2) is 4.54. The molecule has 98 valence electrons. The van der Waals surface area contributed by atoms with E-state index in [4.69, 9.17) is 4.74 Å². The highest BCUT2D eigenvalue weighted by atomic mass is 19.1.